The second-order valence-electron chi connectivity index (χ2n) is 5.59. The van der Waals surface area contributed by atoms with Crippen molar-refractivity contribution in [1.82, 2.24) is 4.57 Å². The van der Waals surface area contributed by atoms with Crippen LogP contribution in [-0.2, 0) is 6.54 Å². The number of hydrogen-bond donors (Lipinski definition) is 0. The van der Waals surface area contributed by atoms with Crippen molar-refractivity contribution in [3.63, 3.8) is 0 Å². The topological polar surface area (TPSA) is 34.4 Å². The Balaban J connectivity index is 2.21. The number of halogens is 1. The summed E-state index contributed by atoms with van der Waals surface area (Å²) >= 11 is 7.74. The van der Waals surface area contributed by atoms with Crippen LogP contribution in [-0.4, -0.2) is 10.5 Å². The molecule has 0 saturated carbocycles. The van der Waals surface area contributed by atoms with Gasteiger partial charge >= 0.3 is 0 Å². The first kappa shape index (κ1) is 16.7. The van der Waals surface area contributed by atoms with Gasteiger partial charge in [0.15, 0.2) is 4.80 Å². The lowest BCUT2D eigenvalue weighted by Crippen LogP contribution is -2.16. The smallest absolute Gasteiger partial charge is 0.279 e. The van der Waals surface area contributed by atoms with Gasteiger partial charge in [0.25, 0.3) is 5.91 Å². The van der Waals surface area contributed by atoms with Gasteiger partial charge in [-0.15, -0.1) is 6.58 Å². The largest absolute Gasteiger partial charge is 0.312 e. The number of hydrogen-bond acceptors (Lipinski definition) is 2. The van der Waals surface area contributed by atoms with Gasteiger partial charge in [0.05, 0.1) is 10.2 Å². The van der Waals surface area contributed by atoms with E-state index in [0.29, 0.717) is 21.9 Å². The molecule has 2 aromatic carbocycles. The van der Waals surface area contributed by atoms with Crippen molar-refractivity contribution >= 4 is 39.1 Å². The third-order valence-corrected chi connectivity index (χ3v) is 5.26. The van der Waals surface area contributed by atoms with Crippen molar-refractivity contribution in [3.8, 4) is 0 Å². The highest BCUT2D eigenvalue weighted by molar-refractivity contribution is 7.16. The quantitative estimate of drug-likeness (QED) is 0.614. The molecule has 0 bridgehead atoms. The fraction of sp³-hybridized carbons (Fsp3) is 0.158. The highest BCUT2D eigenvalue weighted by atomic mass is 35.5. The molecule has 0 N–H and O–H groups in total. The summed E-state index contributed by atoms with van der Waals surface area (Å²) < 4.78 is 3.04. The first-order valence-electron chi connectivity index (χ1n) is 7.56. The van der Waals surface area contributed by atoms with E-state index in [1.807, 2.05) is 48.7 Å². The van der Waals surface area contributed by atoms with Crippen LogP contribution in [0.3, 0.4) is 0 Å². The number of nitrogens with zero attached hydrogens (tertiary/aromatic N) is 2. The highest BCUT2D eigenvalue weighted by Crippen LogP contribution is 2.27. The Bertz CT molecular complexity index is 1010. The van der Waals surface area contributed by atoms with Gasteiger partial charge in [-0.2, -0.15) is 4.99 Å². The second-order valence-corrected chi connectivity index (χ2v) is 7.01. The number of benzene rings is 2. The molecule has 0 unspecified atom stereocenters. The summed E-state index contributed by atoms with van der Waals surface area (Å²) in [5.74, 6) is -0.244. The van der Waals surface area contributed by atoms with Gasteiger partial charge < -0.3 is 4.57 Å². The van der Waals surface area contributed by atoms with Crippen LogP contribution in [0.25, 0.3) is 10.2 Å². The fourth-order valence-electron chi connectivity index (χ4n) is 2.63. The molecule has 3 nitrogen and oxygen atoms in total. The molecule has 1 aromatic heterocycles. The molecule has 0 saturated heterocycles. The summed E-state index contributed by atoms with van der Waals surface area (Å²) in [6.45, 7) is 8.31. The molecule has 0 atom stereocenters. The predicted octanol–water partition coefficient (Wildman–Crippen LogP) is 4.90. The van der Waals surface area contributed by atoms with Crippen LogP contribution >= 0.6 is 22.9 Å². The van der Waals surface area contributed by atoms with Crippen LogP contribution in [0.1, 0.15) is 21.5 Å². The Hall–Kier alpha value is -2.17. The highest BCUT2D eigenvalue weighted by Gasteiger charge is 2.12. The van der Waals surface area contributed by atoms with Crippen LogP contribution in [0.15, 0.2) is 54.0 Å². The minimum atomic E-state index is -0.244. The van der Waals surface area contributed by atoms with E-state index in [0.717, 1.165) is 21.3 Å². The number of amides is 1. The standard InChI is InChI=1S/C19H17ClN2OS/c1-4-10-22-17-13(3)15(20)8-9-16(17)24-19(22)21-18(23)14-7-5-6-12(2)11-14/h4-9,11H,1,10H2,2-3H3. The number of fused-ring (bicyclic) bond motifs is 1. The van der Waals surface area contributed by atoms with Gasteiger partial charge in [0.2, 0.25) is 0 Å². The predicted molar refractivity (Wildman–Crippen MR) is 101 cm³/mol. The van der Waals surface area contributed by atoms with Gasteiger partial charge in [0.1, 0.15) is 0 Å². The molecule has 0 spiro atoms. The van der Waals surface area contributed by atoms with E-state index in [9.17, 15) is 4.79 Å². The minimum absolute atomic E-state index is 0.244. The van der Waals surface area contributed by atoms with Crippen LogP contribution in [0.4, 0.5) is 0 Å². The monoisotopic (exact) mass is 356 g/mol. The van der Waals surface area contributed by atoms with Crippen LogP contribution in [0, 0.1) is 13.8 Å². The average Bonchev–Trinajstić information content (AvgIpc) is 2.90. The lowest BCUT2D eigenvalue weighted by molar-refractivity contribution is 0.0998. The van der Waals surface area contributed by atoms with E-state index in [2.05, 4.69) is 11.6 Å². The van der Waals surface area contributed by atoms with E-state index in [1.54, 1.807) is 12.1 Å². The van der Waals surface area contributed by atoms with Crippen molar-refractivity contribution in [3.05, 3.63) is 75.6 Å². The third kappa shape index (κ3) is 3.07. The lowest BCUT2D eigenvalue weighted by atomic mass is 10.1. The van der Waals surface area contributed by atoms with E-state index >= 15 is 0 Å². The maximum Gasteiger partial charge on any atom is 0.279 e. The molecule has 5 heteroatoms. The second kappa shape index (κ2) is 6.75. The Morgan fingerprint density at radius 2 is 2.12 bits per heavy atom. The maximum atomic E-state index is 12.5. The van der Waals surface area contributed by atoms with Gasteiger partial charge in [-0.1, -0.05) is 46.7 Å². The molecule has 1 heterocycles. The normalized spacial score (nSPS) is 11.9. The van der Waals surface area contributed by atoms with Crippen molar-refractivity contribution in [2.24, 2.45) is 4.99 Å². The Labute approximate surface area is 149 Å². The van der Waals surface area contributed by atoms with Crippen molar-refractivity contribution in [2.75, 3.05) is 0 Å². The van der Waals surface area contributed by atoms with Gasteiger partial charge in [-0.25, -0.2) is 0 Å². The van der Waals surface area contributed by atoms with Gasteiger partial charge in [-0.05, 0) is 43.7 Å². The van der Waals surface area contributed by atoms with Crippen molar-refractivity contribution in [1.29, 1.82) is 0 Å². The minimum Gasteiger partial charge on any atom is -0.312 e. The summed E-state index contributed by atoms with van der Waals surface area (Å²) in [7, 11) is 0. The van der Waals surface area contributed by atoms with E-state index in [1.165, 1.54) is 11.3 Å². The summed E-state index contributed by atoms with van der Waals surface area (Å²) in [5, 5.41) is 0.703. The third-order valence-electron chi connectivity index (χ3n) is 3.80. The molecule has 122 valence electrons. The summed E-state index contributed by atoms with van der Waals surface area (Å²) in [6, 6.07) is 11.3. The zero-order chi connectivity index (χ0) is 17.3. The Kier molecular flexibility index (Phi) is 4.69. The molecule has 1 amide bonds. The van der Waals surface area contributed by atoms with E-state index < -0.39 is 0 Å². The maximum absolute atomic E-state index is 12.5. The molecule has 3 rings (SSSR count). The van der Waals surface area contributed by atoms with Gasteiger partial charge in [0, 0.05) is 17.1 Å². The average molecular weight is 357 g/mol. The first-order chi connectivity index (χ1) is 11.5. The van der Waals surface area contributed by atoms with Crippen LogP contribution in [0.5, 0.6) is 0 Å². The number of aryl methyl sites for hydroxylation is 2. The van der Waals surface area contributed by atoms with E-state index in [4.69, 9.17) is 11.6 Å². The number of carbonyl (C=O) groups excluding carboxylic acids is 1. The lowest BCUT2D eigenvalue weighted by Gasteiger charge is -2.05. The van der Waals surface area contributed by atoms with E-state index in [-0.39, 0.29) is 5.91 Å². The van der Waals surface area contributed by atoms with Crippen LogP contribution < -0.4 is 4.80 Å². The summed E-state index contributed by atoms with van der Waals surface area (Å²) in [4.78, 5) is 17.5. The number of carbonyl (C=O) groups is 1. The Morgan fingerprint density at radius 3 is 2.83 bits per heavy atom. The summed E-state index contributed by atoms with van der Waals surface area (Å²) in [5.41, 5.74) is 3.61. The number of rotatable bonds is 3. The molecule has 0 fully saturated rings. The van der Waals surface area contributed by atoms with Crippen molar-refractivity contribution in [2.45, 2.75) is 20.4 Å². The van der Waals surface area contributed by atoms with Gasteiger partial charge in [-0.3, -0.25) is 4.79 Å². The molecule has 0 aliphatic carbocycles. The summed E-state index contributed by atoms with van der Waals surface area (Å²) in [6.07, 6.45) is 1.79. The molecular weight excluding hydrogens is 340 g/mol. The van der Waals surface area contributed by atoms with Crippen LogP contribution in [0.2, 0.25) is 5.02 Å². The first-order valence-corrected chi connectivity index (χ1v) is 8.76. The zero-order valence-electron chi connectivity index (χ0n) is 13.5. The molecule has 0 radical (unpaired) electrons. The molecule has 3 aromatic rings. The fourth-order valence-corrected chi connectivity index (χ4v) is 3.88. The molecule has 0 aliphatic rings. The zero-order valence-corrected chi connectivity index (χ0v) is 15.1. The van der Waals surface area contributed by atoms with Crippen molar-refractivity contribution < 1.29 is 4.79 Å². The number of allylic oxidation sites excluding steroid dienone is 1. The number of thiazole rings is 1. The SMILES string of the molecule is C=CCn1c(=NC(=O)c2cccc(C)c2)sc2ccc(Cl)c(C)c21. The molecule has 24 heavy (non-hydrogen) atoms. The Morgan fingerprint density at radius 1 is 1.33 bits per heavy atom. The number of aromatic nitrogens is 1. The molecule has 0 aliphatic heterocycles. The molecular formula is C19H17ClN2OS.